The number of methoxy groups -OCH3 is 3. The normalized spacial score (nSPS) is 9.59. The van der Waals surface area contributed by atoms with Crippen molar-refractivity contribution in [3.8, 4) is 40.9 Å². The molecule has 2 aromatic carbocycles. The summed E-state index contributed by atoms with van der Waals surface area (Å²) in [5.74, 6) is 12.8. The lowest BCUT2D eigenvalue weighted by Gasteiger charge is -2.12. The lowest BCUT2D eigenvalue weighted by Crippen LogP contribution is -1.95. The van der Waals surface area contributed by atoms with Gasteiger partial charge in [-0.3, -0.25) is 10.1 Å². The lowest BCUT2D eigenvalue weighted by atomic mass is 10.2. The fourth-order valence-electron chi connectivity index (χ4n) is 2.22. The molecule has 0 aliphatic heterocycles. The zero-order valence-electron chi connectivity index (χ0n) is 15.1. The summed E-state index contributed by atoms with van der Waals surface area (Å²) in [6.07, 6.45) is 3.09. The number of allylic oxidation sites excluding steroid dienone is 2. The second-order valence-corrected chi connectivity index (χ2v) is 5.06. The molecule has 0 atom stereocenters. The fraction of sp³-hybridized carbons (Fsp3) is 0.143. The molecule has 0 amide bonds. The number of para-hydroxylation sites is 1. The van der Waals surface area contributed by atoms with Crippen molar-refractivity contribution < 1.29 is 19.1 Å². The molecule has 0 spiro atoms. The van der Waals surface area contributed by atoms with Crippen molar-refractivity contribution in [2.45, 2.75) is 0 Å². The molecule has 0 fully saturated rings. The second kappa shape index (κ2) is 9.55. The SMILES string of the molecule is COc1cc(C#C/C=C\C#Cc2ccccc2[N+](=O)[O-])cc(OC)c1OC. The molecule has 136 valence electrons. The molecule has 27 heavy (non-hydrogen) atoms. The summed E-state index contributed by atoms with van der Waals surface area (Å²) in [5, 5.41) is 10.9. The van der Waals surface area contributed by atoms with E-state index in [0.717, 1.165) is 0 Å². The highest BCUT2D eigenvalue weighted by atomic mass is 16.6. The molecule has 0 N–H and O–H groups in total. The Labute approximate surface area is 157 Å². The van der Waals surface area contributed by atoms with E-state index in [-0.39, 0.29) is 5.69 Å². The first-order chi connectivity index (χ1) is 13.1. The zero-order chi connectivity index (χ0) is 19.6. The van der Waals surface area contributed by atoms with Crippen LogP contribution in [0.3, 0.4) is 0 Å². The van der Waals surface area contributed by atoms with Crippen LogP contribution in [-0.2, 0) is 0 Å². The summed E-state index contributed by atoms with van der Waals surface area (Å²) in [6, 6.07) is 9.79. The first-order valence-electron chi connectivity index (χ1n) is 7.82. The molecule has 6 nitrogen and oxygen atoms in total. The molecule has 0 saturated carbocycles. The van der Waals surface area contributed by atoms with E-state index in [9.17, 15) is 10.1 Å². The molecule has 2 aromatic rings. The number of benzene rings is 2. The molecule has 0 saturated heterocycles. The van der Waals surface area contributed by atoms with E-state index in [2.05, 4.69) is 23.7 Å². The third kappa shape index (κ3) is 5.04. The summed E-state index contributed by atoms with van der Waals surface area (Å²) >= 11 is 0. The largest absolute Gasteiger partial charge is 0.493 e. The van der Waals surface area contributed by atoms with Crippen molar-refractivity contribution in [2.24, 2.45) is 0 Å². The van der Waals surface area contributed by atoms with E-state index in [1.807, 2.05) is 0 Å². The van der Waals surface area contributed by atoms with Crippen LogP contribution in [0.5, 0.6) is 17.2 Å². The van der Waals surface area contributed by atoms with Crippen molar-refractivity contribution in [3.63, 3.8) is 0 Å². The van der Waals surface area contributed by atoms with Crippen LogP contribution >= 0.6 is 0 Å². The summed E-state index contributed by atoms with van der Waals surface area (Å²) < 4.78 is 15.8. The van der Waals surface area contributed by atoms with Crippen LogP contribution in [0.1, 0.15) is 11.1 Å². The maximum atomic E-state index is 10.9. The Kier molecular flexibility index (Phi) is 6.87. The average Bonchev–Trinajstić information content (AvgIpc) is 2.69. The van der Waals surface area contributed by atoms with Gasteiger partial charge in [-0.25, -0.2) is 0 Å². The quantitative estimate of drug-likeness (QED) is 0.472. The van der Waals surface area contributed by atoms with Gasteiger partial charge < -0.3 is 14.2 Å². The Morgan fingerprint density at radius 1 is 0.926 bits per heavy atom. The Morgan fingerprint density at radius 2 is 1.52 bits per heavy atom. The Morgan fingerprint density at radius 3 is 2.07 bits per heavy atom. The monoisotopic (exact) mass is 363 g/mol. The highest BCUT2D eigenvalue weighted by molar-refractivity contribution is 5.58. The summed E-state index contributed by atoms with van der Waals surface area (Å²) in [4.78, 5) is 10.5. The Bertz CT molecular complexity index is 962. The van der Waals surface area contributed by atoms with E-state index >= 15 is 0 Å². The summed E-state index contributed by atoms with van der Waals surface area (Å²) in [6.45, 7) is 0. The van der Waals surface area contributed by atoms with Crippen LogP contribution in [0.2, 0.25) is 0 Å². The number of nitro benzene ring substituents is 1. The molecule has 0 heterocycles. The lowest BCUT2D eigenvalue weighted by molar-refractivity contribution is -0.385. The predicted molar refractivity (Wildman–Crippen MR) is 102 cm³/mol. The minimum atomic E-state index is -0.460. The van der Waals surface area contributed by atoms with E-state index in [0.29, 0.717) is 28.4 Å². The van der Waals surface area contributed by atoms with E-state index < -0.39 is 4.92 Å². The molecule has 0 unspecified atom stereocenters. The number of ether oxygens (including phenoxy) is 3. The summed E-state index contributed by atoms with van der Waals surface area (Å²) in [5.41, 5.74) is 1.01. The van der Waals surface area contributed by atoms with Crippen LogP contribution in [0.4, 0.5) is 5.69 Å². The van der Waals surface area contributed by atoms with E-state index in [1.54, 1.807) is 36.4 Å². The molecular weight excluding hydrogens is 346 g/mol. The van der Waals surface area contributed by atoms with Gasteiger partial charge in [-0.05, 0) is 30.4 Å². The maximum Gasteiger partial charge on any atom is 0.284 e. The number of rotatable bonds is 4. The number of hydrogen-bond donors (Lipinski definition) is 0. The van der Waals surface area contributed by atoms with Crippen molar-refractivity contribution in [3.05, 3.63) is 69.8 Å². The van der Waals surface area contributed by atoms with Crippen molar-refractivity contribution in [1.29, 1.82) is 0 Å². The number of nitro groups is 1. The first-order valence-corrected chi connectivity index (χ1v) is 7.82. The van der Waals surface area contributed by atoms with Gasteiger partial charge in [-0.2, -0.15) is 0 Å². The Hall–Kier alpha value is -3.90. The molecule has 0 aliphatic carbocycles. The molecule has 0 aliphatic rings. The molecule has 0 aromatic heterocycles. The van der Waals surface area contributed by atoms with Crippen LogP contribution in [0.15, 0.2) is 48.6 Å². The van der Waals surface area contributed by atoms with Gasteiger partial charge in [0.25, 0.3) is 5.69 Å². The topological polar surface area (TPSA) is 70.8 Å². The minimum absolute atomic E-state index is 0.0260. The van der Waals surface area contributed by atoms with Crippen molar-refractivity contribution >= 4 is 5.69 Å². The van der Waals surface area contributed by atoms with Gasteiger partial charge >= 0.3 is 0 Å². The van der Waals surface area contributed by atoms with Crippen molar-refractivity contribution in [1.82, 2.24) is 0 Å². The maximum absolute atomic E-state index is 10.9. The first kappa shape index (κ1) is 19.4. The summed E-state index contributed by atoms with van der Waals surface area (Å²) in [7, 11) is 4.60. The van der Waals surface area contributed by atoms with Gasteiger partial charge in [0.15, 0.2) is 11.5 Å². The molecular formula is C21H17NO5. The molecule has 0 radical (unpaired) electrons. The van der Waals surface area contributed by atoms with Gasteiger partial charge in [0.05, 0.1) is 26.3 Å². The van der Waals surface area contributed by atoms with Crippen molar-refractivity contribution in [2.75, 3.05) is 21.3 Å². The molecule has 2 rings (SSSR count). The third-order valence-corrected chi connectivity index (χ3v) is 3.44. The van der Waals surface area contributed by atoms with Gasteiger partial charge in [0.2, 0.25) is 5.75 Å². The number of nitrogens with zero attached hydrogens (tertiary/aromatic N) is 1. The van der Waals surface area contributed by atoms with Crippen LogP contribution in [-0.4, -0.2) is 26.3 Å². The minimum Gasteiger partial charge on any atom is -0.493 e. The highest BCUT2D eigenvalue weighted by Crippen LogP contribution is 2.37. The van der Waals surface area contributed by atoms with Crippen LogP contribution in [0, 0.1) is 33.8 Å². The van der Waals surface area contributed by atoms with Gasteiger partial charge in [0, 0.05) is 11.6 Å². The second-order valence-electron chi connectivity index (χ2n) is 5.06. The van der Waals surface area contributed by atoms with Gasteiger partial charge in [0.1, 0.15) is 5.56 Å². The number of hydrogen-bond acceptors (Lipinski definition) is 5. The average molecular weight is 363 g/mol. The zero-order valence-corrected chi connectivity index (χ0v) is 15.1. The predicted octanol–water partition coefficient (Wildman–Crippen LogP) is 3.58. The van der Waals surface area contributed by atoms with Gasteiger partial charge in [-0.1, -0.05) is 35.8 Å². The van der Waals surface area contributed by atoms with E-state index in [4.69, 9.17) is 14.2 Å². The van der Waals surface area contributed by atoms with Gasteiger partial charge in [-0.15, -0.1) is 0 Å². The fourth-order valence-corrected chi connectivity index (χ4v) is 2.22. The smallest absolute Gasteiger partial charge is 0.284 e. The van der Waals surface area contributed by atoms with Crippen LogP contribution in [0.25, 0.3) is 0 Å². The Balaban J connectivity index is 2.18. The third-order valence-electron chi connectivity index (χ3n) is 3.44. The molecule has 0 bridgehead atoms. The standard InChI is InChI=1S/C21H17NO5/c1-25-19-14-16(15-20(26-2)21(19)27-3)10-6-4-5-7-11-17-12-8-9-13-18(17)22(23)24/h4-5,8-9,12-15H,1-3H3/b5-4-. The van der Waals surface area contributed by atoms with Crippen LogP contribution < -0.4 is 14.2 Å². The van der Waals surface area contributed by atoms with E-state index in [1.165, 1.54) is 33.5 Å². The molecule has 6 heteroatoms. The highest BCUT2D eigenvalue weighted by Gasteiger charge is 2.12.